The number of rotatable bonds is 5. The van der Waals surface area contributed by atoms with Crippen LogP contribution in [0.4, 0.5) is 18.3 Å². The Kier molecular flexibility index (Phi) is 5.15. The number of thiazole rings is 1. The van der Waals surface area contributed by atoms with Crippen molar-refractivity contribution in [1.82, 2.24) is 4.98 Å². The predicted molar refractivity (Wildman–Crippen MR) is 78.7 cm³/mol. The van der Waals surface area contributed by atoms with E-state index in [9.17, 15) is 18.0 Å². The number of hydrogen-bond donors (Lipinski definition) is 2. The van der Waals surface area contributed by atoms with E-state index in [4.69, 9.17) is 5.73 Å². The number of benzene rings is 1. The quantitative estimate of drug-likeness (QED) is 0.886. The van der Waals surface area contributed by atoms with Crippen molar-refractivity contribution >= 4 is 22.4 Å². The first-order valence-electron chi connectivity index (χ1n) is 6.49. The Balaban J connectivity index is 2.06. The fraction of sp³-hybridized carbons (Fsp3) is 0.286. The smallest absolute Gasteiger partial charge is 0.330 e. The minimum atomic E-state index is -4.36. The van der Waals surface area contributed by atoms with Gasteiger partial charge in [-0.3, -0.25) is 4.79 Å². The minimum absolute atomic E-state index is 0.197. The van der Waals surface area contributed by atoms with E-state index in [1.165, 1.54) is 17.4 Å². The molecule has 0 atom stereocenters. The van der Waals surface area contributed by atoms with Crippen LogP contribution in [0.3, 0.4) is 0 Å². The average molecular weight is 329 g/mol. The summed E-state index contributed by atoms with van der Waals surface area (Å²) >= 11 is 1.23. The maximum Gasteiger partial charge on any atom is 0.416 e. The van der Waals surface area contributed by atoms with Crippen LogP contribution in [0.5, 0.6) is 0 Å². The molecule has 4 nitrogen and oxygen atoms in total. The van der Waals surface area contributed by atoms with Gasteiger partial charge >= 0.3 is 6.18 Å². The van der Waals surface area contributed by atoms with Gasteiger partial charge in [0.1, 0.15) is 0 Å². The summed E-state index contributed by atoms with van der Waals surface area (Å²) in [4.78, 5) is 16.2. The highest BCUT2D eigenvalue weighted by atomic mass is 32.1. The monoisotopic (exact) mass is 329 g/mol. The second-order valence-electron chi connectivity index (χ2n) is 4.59. The predicted octanol–water partition coefficient (Wildman–Crippen LogP) is 3.04. The fourth-order valence-corrected chi connectivity index (χ4v) is 2.68. The normalized spacial score (nSPS) is 11.5. The molecule has 0 fully saturated rings. The number of nitrogens with zero attached hydrogens (tertiary/aromatic N) is 1. The molecule has 0 saturated heterocycles. The summed E-state index contributed by atoms with van der Waals surface area (Å²) in [6.45, 7) is 0.244. The Morgan fingerprint density at radius 2 is 2.14 bits per heavy atom. The first-order valence-corrected chi connectivity index (χ1v) is 7.31. The summed E-state index contributed by atoms with van der Waals surface area (Å²) in [5.41, 5.74) is 5.14. The van der Waals surface area contributed by atoms with Gasteiger partial charge in [-0.05, 0) is 11.6 Å². The second kappa shape index (κ2) is 6.89. The Hall–Kier alpha value is -1.93. The number of anilines is 1. The lowest BCUT2D eigenvalue weighted by molar-refractivity contribution is -0.137. The van der Waals surface area contributed by atoms with Gasteiger partial charge in [-0.15, -0.1) is 11.3 Å². The van der Waals surface area contributed by atoms with E-state index >= 15 is 0 Å². The summed E-state index contributed by atoms with van der Waals surface area (Å²) < 4.78 is 38.0. The summed E-state index contributed by atoms with van der Waals surface area (Å²) in [6.07, 6.45) is -2.29. The van der Waals surface area contributed by atoms with Crippen molar-refractivity contribution in [3.8, 4) is 0 Å². The van der Waals surface area contributed by atoms with Gasteiger partial charge in [-0.1, -0.05) is 18.2 Å². The molecule has 2 rings (SSSR count). The van der Waals surface area contributed by atoms with Crippen LogP contribution in [0.25, 0.3) is 0 Å². The van der Waals surface area contributed by atoms with E-state index in [1.807, 2.05) is 0 Å². The topological polar surface area (TPSA) is 68.0 Å². The standard InChI is InChI=1S/C14H14F3N3OS/c15-14(16,17)10-3-1-2-9(6-10)7-11-8-19-13(22-11)20-12(21)4-5-18/h1-3,6,8H,4-5,7,18H2,(H,19,20,21). The zero-order valence-corrected chi connectivity index (χ0v) is 12.3. The average Bonchev–Trinajstić information content (AvgIpc) is 2.85. The van der Waals surface area contributed by atoms with E-state index in [2.05, 4.69) is 10.3 Å². The molecule has 1 aromatic carbocycles. The fourth-order valence-electron chi connectivity index (χ4n) is 1.82. The Morgan fingerprint density at radius 3 is 2.82 bits per heavy atom. The van der Waals surface area contributed by atoms with Crippen LogP contribution in [-0.4, -0.2) is 17.4 Å². The molecule has 0 bridgehead atoms. The van der Waals surface area contributed by atoms with Crippen LogP contribution >= 0.6 is 11.3 Å². The number of amides is 1. The van der Waals surface area contributed by atoms with E-state index in [-0.39, 0.29) is 18.9 Å². The van der Waals surface area contributed by atoms with Crippen molar-refractivity contribution in [2.45, 2.75) is 19.0 Å². The molecule has 0 unspecified atom stereocenters. The number of carbonyl (C=O) groups is 1. The number of aromatic nitrogens is 1. The third-order valence-electron chi connectivity index (χ3n) is 2.80. The number of halogens is 3. The SMILES string of the molecule is NCCC(=O)Nc1ncc(Cc2cccc(C(F)(F)F)c2)s1. The van der Waals surface area contributed by atoms with Crippen LogP contribution in [0, 0.1) is 0 Å². The van der Waals surface area contributed by atoms with Gasteiger partial charge in [-0.2, -0.15) is 13.2 Å². The lowest BCUT2D eigenvalue weighted by Crippen LogP contribution is -2.15. The first kappa shape index (κ1) is 16.4. The molecular formula is C14H14F3N3OS. The zero-order chi connectivity index (χ0) is 16.2. The maximum atomic E-state index is 12.7. The number of nitrogens with two attached hydrogens (primary N) is 1. The molecule has 1 heterocycles. The van der Waals surface area contributed by atoms with Crippen molar-refractivity contribution in [2.24, 2.45) is 5.73 Å². The third kappa shape index (κ3) is 4.54. The number of hydrogen-bond acceptors (Lipinski definition) is 4. The molecular weight excluding hydrogens is 315 g/mol. The molecule has 22 heavy (non-hydrogen) atoms. The van der Waals surface area contributed by atoms with Crippen molar-refractivity contribution in [2.75, 3.05) is 11.9 Å². The van der Waals surface area contributed by atoms with Gasteiger partial charge in [-0.25, -0.2) is 4.98 Å². The van der Waals surface area contributed by atoms with Gasteiger partial charge < -0.3 is 11.1 Å². The molecule has 8 heteroatoms. The molecule has 2 aromatic rings. The lowest BCUT2D eigenvalue weighted by atomic mass is 10.1. The van der Waals surface area contributed by atoms with Crippen LogP contribution in [0.15, 0.2) is 30.5 Å². The van der Waals surface area contributed by atoms with Crippen molar-refractivity contribution < 1.29 is 18.0 Å². The molecule has 0 saturated carbocycles. The molecule has 118 valence electrons. The van der Waals surface area contributed by atoms with Gasteiger partial charge in [0.15, 0.2) is 5.13 Å². The molecule has 0 spiro atoms. The van der Waals surface area contributed by atoms with E-state index in [0.29, 0.717) is 17.1 Å². The molecule has 0 radical (unpaired) electrons. The van der Waals surface area contributed by atoms with Crippen molar-refractivity contribution in [3.05, 3.63) is 46.5 Å². The van der Waals surface area contributed by atoms with Crippen LogP contribution in [-0.2, 0) is 17.4 Å². The summed E-state index contributed by atoms with van der Waals surface area (Å²) in [7, 11) is 0. The Morgan fingerprint density at radius 1 is 1.36 bits per heavy atom. The minimum Gasteiger partial charge on any atom is -0.330 e. The highest BCUT2D eigenvalue weighted by Gasteiger charge is 2.30. The van der Waals surface area contributed by atoms with E-state index < -0.39 is 11.7 Å². The van der Waals surface area contributed by atoms with Crippen LogP contribution in [0.2, 0.25) is 0 Å². The molecule has 1 aromatic heterocycles. The van der Waals surface area contributed by atoms with Crippen molar-refractivity contribution in [3.63, 3.8) is 0 Å². The maximum absolute atomic E-state index is 12.7. The van der Waals surface area contributed by atoms with Crippen LogP contribution < -0.4 is 11.1 Å². The first-order chi connectivity index (χ1) is 10.4. The van der Waals surface area contributed by atoms with Gasteiger partial charge in [0.25, 0.3) is 0 Å². The van der Waals surface area contributed by atoms with Gasteiger partial charge in [0, 0.05) is 30.5 Å². The molecule has 0 aliphatic carbocycles. The largest absolute Gasteiger partial charge is 0.416 e. The van der Waals surface area contributed by atoms with Gasteiger partial charge in [0.05, 0.1) is 5.56 Å². The molecule has 0 aliphatic heterocycles. The Bertz CT molecular complexity index is 655. The highest BCUT2D eigenvalue weighted by molar-refractivity contribution is 7.15. The summed E-state index contributed by atoms with van der Waals surface area (Å²) in [5.74, 6) is -0.234. The molecule has 1 amide bonds. The zero-order valence-electron chi connectivity index (χ0n) is 11.5. The van der Waals surface area contributed by atoms with Gasteiger partial charge in [0.2, 0.25) is 5.91 Å². The summed E-state index contributed by atoms with van der Waals surface area (Å²) in [5, 5.41) is 3.01. The third-order valence-corrected chi connectivity index (χ3v) is 3.72. The lowest BCUT2D eigenvalue weighted by Gasteiger charge is -2.07. The van der Waals surface area contributed by atoms with Crippen LogP contribution in [0.1, 0.15) is 22.4 Å². The van der Waals surface area contributed by atoms with Crippen molar-refractivity contribution in [1.29, 1.82) is 0 Å². The second-order valence-corrected chi connectivity index (χ2v) is 5.71. The van der Waals surface area contributed by atoms with E-state index in [0.717, 1.165) is 17.0 Å². The number of carbonyl (C=O) groups excluding carboxylic acids is 1. The van der Waals surface area contributed by atoms with E-state index in [1.54, 1.807) is 12.3 Å². The Labute approximate surface area is 129 Å². The number of alkyl halides is 3. The highest BCUT2D eigenvalue weighted by Crippen LogP contribution is 2.30. The number of nitrogens with one attached hydrogen (secondary N) is 1. The molecule has 3 N–H and O–H groups in total. The summed E-state index contributed by atoms with van der Waals surface area (Å²) in [6, 6.07) is 5.16. The molecule has 0 aliphatic rings.